The predicted octanol–water partition coefficient (Wildman–Crippen LogP) is -0.0640. The number of rotatable bonds is 1. The number of aryl methyl sites for hydroxylation is 1. The topological polar surface area (TPSA) is 47.8 Å². The molecule has 1 aromatic heterocycles. The van der Waals surface area contributed by atoms with Crippen molar-refractivity contribution in [2.24, 2.45) is 7.05 Å². The van der Waals surface area contributed by atoms with E-state index >= 15 is 0 Å². The zero-order valence-corrected chi connectivity index (χ0v) is 5.33. The highest BCUT2D eigenvalue weighted by Gasteiger charge is 2.01. The van der Waals surface area contributed by atoms with Crippen molar-refractivity contribution < 1.29 is 4.79 Å². The third-order valence-corrected chi connectivity index (χ3v) is 1.25. The molecule has 0 aliphatic heterocycles. The monoisotopic (exact) mass is 125 g/mol. The summed E-state index contributed by atoms with van der Waals surface area (Å²) in [5.74, 6) is 0. The Labute approximate surface area is 52.5 Å². The number of hydrogen-bond donors (Lipinski definition) is 0. The lowest BCUT2D eigenvalue weighted by Gasteiger charge is -1.87. The lowest BCUT2D eigenvalue weighted by Crippen LogP contribution is -1.93. The Morgan fingerprint density at radius 2 is 2.33 bits per heavy atom. The first-order chi connectivity index (χ1) is 4.25. The molecular formula is C5H7N3O. The van der Waals surface area contributed by atoms with Crippen LogP contribution in [-0.2, 0) is 7.05 Å². The van der Waals surface area contributed by atoms with Crippen LogP contribution in [0.25, 0.3) is 0 Å². The van der Waals surface area contributed by atoms with Crippen molar-refractivity contribution >= 4 is 6.29 Å². The number of carbonyl (C=O) groups excluding carboxylic acids is 1. The van der Waals surface area contributed by atoms with Gasteiger partial charge in [0, 0.05) is 7.05 Å². The van der Waals surface area contributed by atoms with E-state index in [-0.39, 0.29) is 0 Å². The number of nitrogens with zero attached hydrogens (tertiary/aromatic N) is 3. The third kappa shape index (κ3) is 0.826. The SMILES string of the molecule is Cc1c(C=O)nnn1C. The minimum absolute atomic E-state index is 0.414. The van der Waals surface area contributed by atoms with Gasteiger partial charge in [0.25, 0.3) is 0 Å². The molecule has 0 saturated carbocycles. The van der Waals surface area contributed by atoms with Crippen molar-refractivity contribution in [3.05, 3.63) is 11.4 Å². The van der Waals surface area contributed by atoms with Gasteiger partial charge in [0.05, 0.1) is 5.69 Å². The fourth-order valence-corrected chi connectivity index (χ4v) is 0.529. The van der Waals surface area contributed by atoms with E-state index in [2.05, 4.69) is 10.3 Å². The van der Waals surface area contributed by atoms with Gasteiger partial charge in [-0.05, 0) is 6.92 Å². The molecule has 0 bridgehead atoms. The molecule has 0 N–H and O–H groups in total. The third-order valence-electron chi connectivity index (χ3n) is 1.25. The van der Waals surface area contributed by atoms with Crippen LogP contribution in [0.5, 0.6) is 0 Å². The van der Waals surface area contributed by atoms with Crippen molar-refractivity contribution in [2.75, 3.05) is 0 Å². The molecule has 1 heterocycles. The number of aromatic nitrogens is 3. The quantitative estimate of drug-likeness (QED) is 0.494. The largest absolute Gasteiger partial charge is 0.296 e. The van der Waals surface area contributed by atoms with E-state index in [1.165, 1.54) is 0 Å². The van der Waals surface area contributed by atoms with Gasteiger partial charge in [-0.1, -0.05) is 5.21 Å². The molecule has 0 aromatic carbocycles. The molecular weight excluding hydrogens is 118 g/mol. The molecule has 0 amide bonds. The van der Waals surface area contributed by atoms with Crippen molar-refractivity contribution in [1.82, 2.24) is 15.0 Å². The van der Waals surface area contributed by atoms with E-state index in [1.807, 2.05) is 0 Å². The molecule has 4 heteroatoms. The normalized spacial score (nSPS) is 9.56. The summed E-state index contributed by atoms with van der Waals surface area (Å²) in [6.45, 7) is 1.80. The Morgan fingerprint density at radius 1 is 1.67 bits per heavy atom. The Morgan fingerprint density at radius 3 is 2.56 bits per heavy atom. The Bertz CT molecular complexity index is 228. The van der Waals surface area contributed by atoms with Gasteiger partial charge in [0.1, 0.15) is 5.69 Å². The highest BCUT2D eigenvalue weighted by atomic mass is 16.1. The fraction of sp³-hybridized carbons (Fsp3) is 0.400. The molecule has 0 radical (unpaired) electrons. The minimum Gasteiger partial charge on any atom is -0.296 e. The Hall–Kier alpha value is -1.19. The van der Waals surface area contributed by atoms with Crippen LogP contribution in [0.1, 0.15) is 16.2 Å². The number of carbonyl (C=O) groups is 1. The molecule has 1 aromatic rings. The number of aldehydes is 1. The zero-order chi connectivity index (χ0) is 6.85. The first-order valence-electron chi connectivity index (χ1n) is 2.57. The van der Waals surface area contributed by atoms with Gasteiger partial charge in [-0.15, -0.1) is 5.10 Å². The lowest BCUT2D eigenvalue weighted by atomic mass is 10.4. The number of hydrogen-bond acceptors (Lipinski definition) is 3. The summed E-state index contributed by atoms with van der Waals surface area (Å²) in [7, 11) is 1.75. The van der Waals surface area contributed by atoms with Crippen LogP contribution < -0.4 is 0 Å². The van der Waals surface area contributed by atoms with Gasteiger partial charge in [-0.25, -0.2) is 0 Å². The molecule has 0 fully saturated rings. The molecule has 0 aliphatic carbocycles. The standard InChI is InChI=1S/C5H7N3O/c1-4-5(3-9)6-7-8(4)2/h3H,1-2H3. The Kier molecular flexibility index (Phi) is 1.30. The first-order valence-corrected chi connectivity index (χ1v) is 2.57. The van der Waals surface area contributed by atoms with Gasteiger partial charge >= 0.3 is 0 Å². The Balaban J connectivity index is 3.18. The summed E-state index contributed by atoms with van der Waals surface area (Å²) in [5, 5.41) is 7.20. The van der Waals surface area contributed by atoms with Crippen LogP contribution in [0.15, 0.2) is 0 Å². The van der Waals surface area contributed by atoms with Crippen molar-refractivity contribution in [3.63, 3.8) is 0 Å². The average Bonchev–Trinajstić information content (AvgIpc) is 2.15. The van der Waals surface area contributed by atoms with E-state index < -0.39 is 0 Å². The zero-order valence-electron chi connectivity index (χ0n) is 5.33. The van der Waals surface area contributed by atoms with Crippen LogP contribution in [-0.4, -0.2) is 21.3 Å². The van der Waals surface area contributed by atoms with Gasteiger partial charge in [-0.3, -0.25) is 9.48 Å². The molecule has 48 valence electrons. The molecule has 0 atom stereocenters. The van der Waals surface area contributed by atoms with Crippen LogP contribution in [0.4, 0.5) is 0 Å². The maximum absolute atomic E-state index is 10.1. The second-order valence-electron chi connectivity index (χ2n) is 1.80. The highest BCUT2D eigenvalue weighted by molar-refractivity contribution is 5.72. The van der Waals surface area contributed by atoms with E-state index in [0.717, 1.165) is 5.69 Å². The van der Waals surface area contributed by atoms with Crippen molar-refractivity contribution in [2.45, 2.75) is 6.92 Å². The predicted molar refractivity (Wildman–Crippen MR) is 31.1 cm³/mol. The van der Waals surface area contributed by atoms with Crippen LogP contribution in [0.2, 0.25) is 0 Å². The van der Waals surface area contributed by atoms with Gasteiger partial charge in [-0.2, -0.15) is 0 Å². The highest BCUT2D eigenvalue weighted by Crippen LogP contribution is 1.95. The lowest BCUT2D eigenvalue weighted by molar-refractivity contribution is 0.111. The van der Waals surface area contributed by atoms with Gasteiger partial charge in [0.15, 0.2) is 6.29 Å². The molecule has 0 spiro atoms. The van der Waals surface area contributed by atoms with E-state index in [4.69, 9.17) is 0 Å². The summed E-state index contributed by atoms with van der Waals surface area (Å²) in [6, 6.07) is 0. The fourth-order valence-electron chi connectivity index (χ4n) is 0.529. The van der Waals surface area contributed by atoms with E-state index in [1.54, 1.807) is 18.7 Å². The first kappa shape index (κ1) is 5.94. The molecule has 0 unspecified atom stereocenters. The smallest absolute Gasteiger partial charge is 0.172 e. The molecule has 1 rings (SSSR count). The molecule has 4 nitrogen and oxygen atoms in total. The maximum atomic E-state index is 10.1. The van der Waals surface area contributed by atoms with E-state index in [9.17, 15) is 4.79 Å². The molecule has 0 saturated heterocycles. The van der Waals surface area contributed by atoms with Crippen LogP contribution in [0, 0.1) is 6.92 Å². The summed E-state index contributed by atoms with van der Waals surface area (Å²) in [4.78, 5) is 10.1. The van der Waals surface area contributed by atoms with Crippen molar-refractivity contribution in [1.29, 1.82) is 0 Å². The van der Waals surface area contributed by atoms with E-state index in [0.29, 0.717) is 12.0 Å². The summed E-state index contributed by atoms with van der Waals surface area (Å²) in [6.07, 6.45) is 0.697. The van der Waals surface area contributed by atoms with Crippen molar-refractivity contribution in [3.8, 4) is 0 Å². The summed E-state index contributed by atoms with van der Waals surface area (Å²) in [5.41, 5.74) is 1.21. The summed E-state index contributed by atoms with van der Waals surface area (Å²) < 4.78 is 1.56. The second kappa shape index (κ2) is 1.97. The van der Waals surface area contributed by atoms with Crippen LogP contribution in [0.3, 0.4) is 0 Å². The molecule has 0 aliphatic rings. The van der Waals surface area contributed by atoms with Gasteiger partial charge in [0.2, 0.25) is 0 Å². The van der Waals surface area contributed by atoms with Crippen LogP contribution >= 0.6 is 0 Å². The molecule has 9 heavy (non-hydrogen) atoms. The maximum Gasteiger partial charge on any atom is 0.172 e. The average molecular weight is 125 g/mol. The van der Waals surface area contributed by atoms with Gasteiger partial charge < -0.3 is 0 Å². The minimum atomic E-state index is 0.414. The second-order valence-corrected chi connectivity index (χ2v) is 1.80. The summed E-state index contributed by atoms with van der Waals surface area (Å²) >= 11 is 0.